The molecule has 2 heterocycles. The van der Waals surface area contributed by atoms with Gasteiger partial charge in [-0.1, -0.05) is 18.2 Å². The minimum Gasteiger partial charge on any atom is -0.493 e. The number of aromatic nitrogens is 1. The minimum absolute atomic E-state index is 0.0287. The van der Waals surface area contributed by atoms with Crippen LogP contribution >= 0.6 is 0 Å². The molecule has 0 atom stereocenters. The summed E-state index contributed by atoms with van der Waals surface area (Å²) in [7, 11) is 4.58. The van der Waals surface area contributed by atoms with Crippen LogP contribution < -0.4 is 4.74 Å². The number of amides is 2. The number of nitrogens with zero attached hydrogens (tertiary/aromatic N) is 2. The minimum atomic E-state index is -0.547. The van der Waals surface area contributed by atoms with Gasteiger partial charge in [0.25, 0.3) is 5.91 Å². The van der Waals surface area contributed by atoms with Crippen molar-refractivity contribution in [3.63, 3.8) is 0 Å². The van der Waals surface area contributed by atoms with Gasteiger partial charge in [-0.15, -0.1) is 0 Å². The third-order valence-corrected chi connectivity index (χ3v) is 5.89. The lowest BCUT2D eigenvalue weighted by Gasteiger charge is -2.27. The molecular weight excluding hydrogens is 428 g/mol. The first kappa shape index (κ1) is 22.5. The van der Waals surface area contributed by atoms with Crippen LogP contribution in [0.15, 0.2) is 36.4 Å². The van der Waals surface area contributed by atoms with E-state index < -0.39 is 11.6 Å². The van der Waals surface area contributed by atoms with Crippen molar-refractivity contribution >= 4 is 28.3 Å². The van der Waals surface area contributed by atoms with E-state index in [0.29, 0.717) is 40.6 Å². The molecule has 0 fully saturated rings. The average molecular weight is 453 g/mol. The van der Waals surface area contributed by atoms with Gasteiger partial charge in [0.15, 0.2) is 17.4 Å². The van der Waals surface area contributed by atoms with Crippen molar-refractivity contribution in [3.8, 4) is 16.9 Å². The monoisotopic (exact) mass is 453 g/mol. The molecule has 6 nitrogen and oxygen atoms in total. The number of nitrogens with one attached hydrogen (secondary N) is 1. The Morgan fingerprint density at radius 3 is 2.55 bits per heavy atom. The molecule has 1 aromatic heterocycles. The second-order valence-electron chi connectivity index (χ2n) is 8.24. The number of ether oxygens (including phenoxy) is 1. The van der Waals surface area contributed by atoms with Crippen molar-refractivity contribution in [1.29, 1.82) is 0 Å². The first-order chi connectivity index (χ1) is 15.7. The van der Waals surface area contributed by atoms with Gasteiger partial charge in [0.2, 0.25) is 5.91 Å². The summed E-state index contributed by atoms with van der Waals surface area (Å²) in [6, 6.07) is 7.74. The van der Waals surface area contributed by atoms with E-state index in [0.717, 1.165) is 0 Å². The fraction of sp³-hybridized carbons (Fsp3) is 0.280. The van der Waals surface area contributed by atoms with E-state index in [-0.39, 0.29) is 35.3 Å². The molecule has 0 saturated carbocycles. The standard InChI is InChI=1S/C25H25F2N3O3/c1-14(31)30-10-6-7-15(13-30)17-11-18(16-8-5-9-20(26)24(16)33-4)19-12-21(25(32)29(2)3)28-23(19)22(17)27/h5,7-9,11-12,28H,6,10,13H2,1-4H3. The number of halogens is 2. The van der Waals surface area contributed by atoms with E-state index in [4.69, 9.17) is 4.74 Å². The summed E-state index contributed by atoms with van der Waals surface area (Å²) in [5.41, 5.74) is 2.26. The molecule has 0 saturated heterocycles. The summed E-state index contributed by atoms with van der Waals surface area (Å²) in [5.74, 6) is -1.45. The van der Waals surface area contributed by atoms with Crippen LogP contribution in [0.1, 0.15) is 29.4 Å². The number of para-hydroxylation sites is 1. The fourth-order valence-electron chi connectivity index (χ4n) is 4.21. The van der Waals surface area contributed by atoms with Crippen LogP contribution in [0.25, 0.3) is 27.6 Å². The number of methoxy groups -OCH3 is 1. The molecule has 0 bridgehead atoms. The summed E-state index contributed by atoms with van der Waals surface area (Å²) in [5, 5.41) is 0.435. The van der Waals surface area contributed by atoms with Crippen LogP contribution in [-0.2, 0) is 4.79 Å². The molecule has 172 valence electrons. The molecule has 8 heteroatoms. The predicted octanol–water partition coefficient (Wildman–Crippen LogP) is 4.46. The quantitative estimate of drug-likeness (QED) is 0.635. The van der Waals surface area contributed by atoms with Crippen LogP contribution in [0.4, 0.5) is 8.78 Å². The third kappa shape index (κ3) is 3.97. The topological polar surface area (TPSA) is 65.6 Å². The zero-order valence-electron chi connectivity index (χ0n) is 19.0. The van der Waals surface area contributed by atoms with E-state index >= 15 is 4.39 Å². The third-order valence-electron chi connectivity index (χ3n) is 5.89. The van der Waals surface area contributed by atoms with Crippen LogP contribution in [0.2, 0.25) is 0 Å². The molecule has 1 aliphatic heterocycles. The normalized spacial score (nSPS) is 13.8. The largest absolute Gasteiger partial charge is 0.493 e. The number of fused-ring (bicyclic) bond motifs is 1. The van der Waals surface area contributed by atoms with Crippen molar-refractivity contribution < 1.29 is 23.1 Å². The maximum absolute atomic E-state index is 15.8. The molecular formula is C25H25F2N3O3. The van der Waals surface area contributed by atoms with E-state index in [1.165, 1.54) is 25.0 Å². The fourth-order valence-corrected chi connectivity index (χ4v) is 4.21. The van der Waals surface area contributed by atoms with Crippen LogP contribution in [-0.4, -0.2) is 60.9 Å². The lowest BCUT2D eigenvalue weighted by molar-refractivity contribution is -0.128. The Labute approximate surface area is 190 Å². The molecule has 2 aromatic carbocycles. The van der Waals surface area contributed by atoms with Crippen molar-refractivity contribution in [2.45, 2.75) is 13.3 Å². The highest BCUT2D eigenvalue weighted by Crippen LogP contribution is 2.41. The molecule has 1 aliphatic rings. The van der Waals surface area contributed by atoms with Gasteiger partial charge in [0.1, 0.15) is 5.69 Å². The Kier molecular flexibility index (Phi) is 5.93. The van der Waals surface area contributed by atoms with Crippen molar-refractivity contribution in [3.05, 3.63) is 59.3 Å². The molecule has 0 unspecified atom stereocenters. The lowest BCUT2D eigenvalue weighted by Crippen LogP contribution is -2.33. The van der Waals surface area contributed by atoms with E-state index in [1.807, 2.05) is 6.08 Å². The molecule has 1 N–H and O–H groups in total. The zero-order valence-corrected chi connectivity index (χ0v) is 19.0. The number of aromatic amines is 1. The maximum Gasteiger partial charge on any atom is 0.269 e. The summed E-state index contributed by atoms with van der Waals surface area (Å²) in [6.45, 7) is 2.31. The van der Waals surface area contributed by atoms with Crippen molar-refractivity contribution in [2.24, 2.45) is 0 Å². The maximum atomic E-state index is 15.8. The van der Waals surface area contributed by atoms with Gasteiger partial charge in [0, 0.05) is 50.6 Å². The molecule has 0 radical (unpaired) electrons. The van der Waals surface area contributed by atoms with Gasteiger partial charge in [-0.25, -0.2) is 8.78 Å². The summed E-state index contributed by atoms with van der Waals surface area (Å²) in [6.07, 6.45) is 2.51. The molecule has 33 heavy (non-hydrogen) atoms. The highest BCUT2D eigenvalue weighted by atomic mass is 19.1. The average Bonchev–Trinajstić information content (AvgIpc) is 3.24. The van der Waals surface area contributed by atoms with E-state index in [1.54, 1.807) is 43.3 Å². The number of benzene rings is 2. The molecule has 0 aliphatic carbocycles. The van der Waals surface area contributed by atoms with Gasteiger partial charge >= 0.3 is 0 Å². The lowest BCUT2D eigenvalue weighted by atomic mass is 9.93. The predicted molar refractivity (Wildman–Crippen MR) is 123 cm³/mol. The van der Waals surface area contributed by atoms with Crippen LogP contribution in [0.5, 0.6) is 5.75 Å². The van der Waals surface area contributed by atoms with Crippen molar-refractivity contribution in [2.75, 3.05) is 34.3 Å². The Balaban J connectivity index is 2.01. The molecule has 2 amide bonds. The Morgan fingerprint density at radius 1 is 1.12 bits per heavy atom. The molecule has 4 rings (SSSR count). The second-order valence-corrected chi connectivity index (χ2v) is 8.24. The van der Waals surface area contributed by atoms with Crippen LogP contribution in [0.3, 0.4) is 0 Å². The SMILES string of the molecule is COc1c(F)cccc1-c1cc(C2=CCCN(C(C)=O)C2)c(F)c2[nH]c(C(=O)N(C)C)cc12. The van der Waals surface area contributed by atoms with Gasteiger partial charge in [-0.3, -0.25) is 9.59 Å². The summed E-state index contributed by atoms with van der Waals surface area (Å²) in [4.78, 5) is 30.5. The Hall–Kier alpha value is -3.68. The number of H-pyrrole nitrogens is 1. The number of carbonyl (C=O) groups is 2. The van der Waals surface area contributed by atoms with Crippen LogP contribution in [0, 0.1) is 11.6 Å². The van der Waals surface area contributed by atoms with Gasteiger partial charge < -0.3 is 19.5 Å². The zero-order chi connectivity index (χ0) is 23.9. The van der Waals surface area contributed by atoms with Gasteiger partial charge in [-0.05, 0) is 35.8 Å². The Bertz CT molecular complexity index is 1290. The van der Waals surface area contributed by atoms with E-state index in [2.05, 4.69) is 4.98 Å². The highest BCUT2D eigenvalue weighted by molar-refractivity contribution is 6.05. The van der Waals surface area contributed by atoms with Gasteiger partial charge in [0.05, 0.1) is 12.6 Å². The number of carbonyl (C=O) groups excluding carboxylic acids is 2. The number of hydrogen-bond donors (Lipinski definition) is 1. The summed E-state index contributed by atoms with van der Waals surface area (Å²) >= 11 is 0. The Morgan fingerprint density at radius 2 is 1.88 bits per heavy atom. The summed E-state index contributed by atoms with van der Waals surface area (Å²) < 4.78 is 35.7. The molecule has 3 aromatic rings. The first-order valence-corrected chi connectivity index (χ1v) is 10.6. The molecule has 0 spiro atoms. The number of hydrogen-bond acceptors (Lipinski definition) is 3. The smallest absolute Gasteiger partial charge is 0.269 e. The van der Waals surface area contributed by atoms with Gasteiger partial charge in [-0.2, -0.15) is 0 Å². The van der Waals surface area contributed by atoms with Crippen molar-refractivity contribution in [1.82, 2.24) is 14.8 Å². The van der Waals surface area contributed by atoms with E-state index in [9.17, 15) is 14.0 Å². The highest BCUT2D eigenvalue weighted by Gasteiger charge is 2.25. The second kappa shape index (κ2) is 8.69. The first-order valence-electron chi connectivity index (χ1n) is 10.6. The number of rotatable bonds is 4.